The van der Waals surface area contributed by atoms with E-state index in [1.54, 1.807) is 0 Å². The van der Waals surface area contributed by atoms with Crippen LogP contribution in [0.5, 0.6) is 11.5 Å². The van der Waals surface area contributed by atoms with Gasteiger partial charge in [-0.3, -0.25) is 0 Å². The molecule has 1 heterocycles. The Kier molecular flexibility index (Phi) is 6.52. The summed E-state index contributed by atoms with van der Waals surface area (Å²) in [7, 11) is 4.10. The molecule has 0 radical (unpaired) electrons. The summed E-state index contributed by atoms with van der Waals surface area (Å²) in [6.45, 7) is 7.87. The van der Waals surface area contributed by atoms with Crippen molar-refractivity contribution in [2.75, 3.05) is 40.3 Å². The van der Waals surface area contributed by atoms with Crippen molar-refractivity contribution in [3.8, 4) is 11.5 Å². The molecule has 0 aromatic heterocycles. The number of rotatable bonds is 7. The number of nitrogens with one attached hydrogen (secondary N) is 1. The third-order valence-corrected chi connectivity index (χ3v) is 3.89. The van der Waals surface area contributed by atoms with E-state index in [1.165, 1.54) is 18.4 Å². The Balaban J connectivity index is 2.10. The fourth-order valence-electron chi connectivity index (χ4n) is 2.72. The highest BCUT2D eigenvalue weighted by Crippen LogP contribution is 2.33. The molecule has 1 saturated heterocycles. The summed E-state index contributed by atoms with van der Waals surface area (Å²) in [5.74, 6) is 2.30. The maximum Gasteiger partial charge on any atom is 0.161 e. The Hall–Kier alpha value is -1.26. The van der Waals surface area contributed by atoms with Gasteiger partial charge in [-0.2, -0.15) is 0 Å². The highest BCUT2D eigenvalue weighted by Gasteiger charge is 2.18. The second-order valence-corrected chi connectivity index (χ2v) is 6.57. The van der Waals surface area contributed by atoms with Gasteiger partial charge in [0.1, 0.15) is 6.61 Å². The van der Waals surface area contributed by atoms with E-state index in [1.807, 2.05) is 14.1 Å². The van der Waals surface area contributed by atoms with Crippen LogP contribution in [0.4, 0.5) is 0 Å². The van der Waals surface area contributed by atoms with Crippen molar-refractivity contribution in [1.82, 2.24) is 10.2 Å². The second-order valence-electron chi connectivity index (χ2n) is 6.57. The van der Waals surface area contributed by atoms with E-state index in [4.69, 9.17) is 9.47 Å². The summed E-state index contributed by atoms with van der Waals surface area (Å²) in [5, 5.41) is 3.48. The van der Waals surface area contributed by atoms with Gasteiger partial charge in [0.2, 0.25) is 0 Å². The zero-order valence-electron chi connectivity index (χ0n) is 14.4. The van der Waals surface area contributed by atoms with Crippen LogP contribution in [0.2, 0.25) is 0 Å². The molecular formula is C18H30N2O2. The number of hydrogen-bond acceptors (Lipinski definition) is 4. The van der Waals surface area contributed by atoms with Crippen LogP contribution in [0.15, 0.2) is 18.2 Å². The van der Waals surface area contributed by atoms with E-state index < -0.39 is 0 Å². The maximum absolute atomic E-state index is 5.98. The van der Waals surface area contributed by atoms with Crippen molar-refractivity contribution in [2.45, 2.75) is 38.7 Å². The predicted molar refractivity (Wildman–Crippen MR) is 91.1 cm³/mol. The quantitative estimate of drug-likeness (QED) is 0.840. The lowest BCUT2D eigenvalue weighted by Crippen LogP contribution is -2.28. The fourth-order valence-corrected chi connectivity index (χ4v) is 2.72. The SMILES string of the molecule is CC(C)Oc1cc(C2CCCNC2)ccc1OCCN(C)C. The van der Waals surface area contributed by atoms with Crippen LogP contribution >= 0.6 is 0 Å². The smallest absolute Gasteiger partial charge is 0.161 e. The highest BCUT2D eigenvalue weighted by atomic mass is 16.5. The summed E-state index contributed by atoms with van der Waals surface area (Å²) in [6.07, 6.45) is 2.64. The molecule has 1 aliphatic rings. The summed E-state index contributed by atoms with van der Waals surface area (Å²) in [4.78, 5) is 2.12. The Labute approximate surface area is 134 Å². The Bertz CT molecular complexity index is 454. The van der Waals surface area contributed by atoms with Gasteiger partial charge in [0.25, 0.3) is 0 Å². The number of ether oxygens (including phenoxy) is 2. The third kappa shape index (κ3) is 5.18. The molecule has 0 saturated carbocycles. The zero-order valence-corrected chi connectivity index (χ0v) is 14.4. The Morgan fingerprint density at radius 1 is 1.27 bits per heavy atom. The summed E-state index contributed by atoms with van der Waals surface area (Å²) < 4.78 is 11.9. The molecule has 1 aromatic carbocycles. The molecule has 124 valence electrons. The summed E-state index contributed by atoms with van der Waals surface area (Å²) in [5.41, 5.74) is 1.35. The molecule has 0 amide bonds. The molecule has 1 fully saturated rings. The normalized spacial score (nSPS) is 18.7. The molecule has 1 atom stereocenters. The molecule has 1 aliphatic heterocycles. The minimum absolute atomic E-state index is 0.149. The van der Waals surface area contributed by atoms with Crippen LogP contribution in [0.1, 0.15) is 38.2 Å². The van der Waals surface area contributed by atoms with E-state index >= 15 is 0 Å². The molecule has 1 aromatic rings. The first-order valence-electron chi connectivity index (χ1n) is 8.35. The van der Waals surface area contributed by atoms with Crippen LogP contribution in [0.25, 0.3) is 0 Å². The first kappa shape index (κ1) is 17.1. The van der Waals surface area contributed by atoms with Gasteiger partial charge >= 0.3 is 0 Å². The van der Waals surface area contributed by atoms with Crippen molar-refractivity contribution in [1.29, 1.82) is 0 Å². The first-order chi connectivity index (χ1) is 10.6. The van der Waals surface area contributed by atoms with Crippen molar-refractivity contribution >= 4 is 0 Å². The zero-order chi connectivity index (χ0) is 15.9. The lowest BCUT2D eigenvalue weighted by molar-refractivity contribution is 0.211. The summed E-state index contributed by atoms with van der Waals surface area (Å²) in [6, 6.07) is 6.43. The average Bonchev–Trinajstić information content (AvgIpc) is 2.48. The standard InChI is InChI=1S/C18H30N2O2/c1-14(2)22-18-12-15(16-6-5-9-19-13-16)7-8-17(18)21-11-10-20(3)4/h7-8,12,14,16,19H,5-6,9-11,13H2,1-4H3. The lowest BCUT2D eigenvalue weighted by atomic mass is 9.91. The van der Waals surface area contributed by atoms with Gasteiger partial charge in [-0.15, -0.1) is 0 Å². The van der Waals surface area contributed by atoms with E-state index in [0.717, 1.165) is 31.1 Å². The number of benzene rings is 1. The maximum atomic E-state index is 5.98. The first-order valence-corrected chi connectivity index (χ1v) is 8.35. The lowest BCUT2D eigenvalue weighted by Gasteiger charge is -2.24. The third-order valence-electron chi connectivity index (χ3n) is 3.89. The van der Waals surface area contributed by atoms with Crippen LogP contribution in [-0.4, -0.2) is 51.3 Å². The molecular weight excluding hydrogens is 276 g/mol. The van der Waals surface area contributed by atoms with Gasteiger partial charge in [0.15, 0.2) is 11.5 Å². The monoisotopic (exact) mass is 306 g/mol. The molecule has 1 N–H and O–H groups in total. The number of hydrogen-bond donors (Lipinski definition) is 1. The number of piperidine rings is 1. The number of likely N-dealkylation sites (N-methyl/N-ethyl adjacent to an activating group) is 1. The van der Waals surface area contributed by atoms with E-state index in [2.05, 4.69) is 42.3 Å². The highest BCUT2D eigenvalue weighted by molar-refractivity contribution is 5.44. The van der Waals surface area contributed by atoms with Gasteiger partial charge < -0.3 is 19.7 Å². The van der Waals surface area contributed by atoms with Crippen molar-refractivity contribution in [3.63, 3.8) is 0 Å². The van der Waals surface area contributed by atoms with Crippen molar-refractivity contribution in [2.24, 2.45) is 0 Å². The average molecular weight is 306 g/mol. The molecule has 4 nitrogen and oxygen atoms in total. The largest absolute Gasteiger partial charge is 0.488 e. The Morgan fingerprint density at radius 3 is 2.73 bits per heavy atom. The predicted octanol–water partition coefficient (Wildman–Crippen LogP) is 2.88. The molecule has 0 aliphatic carbocycles. The Morgan fingerprint density at radius 2 is 2.09 bits per heavy atom. The second kappa shape index (κ2) is 8.39. The van der Waals surface area contributed by atoms with Crippen molar-refractivity contribution in [3.05, 3.63) is 23.8 Å². The minimum Gasteiger partial charge on any atom is -0.488 e. The molecule has 4 heteroatoms. The van der Waals surface area contributed by atoms with E-state index in [-0.39, 0.29) is 6.10 Å². The molecule has 0 bridgehead atoms. The molecule has 1 unspecified atom stereocenters. The van der Waals surface area contributed by atoms with Crippen LogP contribution in [0, 0.1) is 0 Å². The van der Waals surface area contributed by atoms with E-state index in [9.17, 15) is 0 Å². The van der Waals surface area contributed by atoms with Gasteiger partial charge in [-0.1, -0.05) is 6.07 Å². The van der Waals surface area contributed by atoms with Crippen molar-refractivity contribution < 1.29 is 9.47 Å². The molecule has 2 rings (SSSR count). The van der Waals surface area contributed by atoms with Crippen LogP contribution < -0.4 is 14.8 Å². The molecule has 22 heavy (non-hydrogen) atoms. The topological polar surface area (TPSA) is 33.7 Å². The van der Waals surface area contributed by atoms with Gasteiger partial charge in [-0.25, -0.2) is 0 Å². The minimum atomic E-state index is 0.149. The van der Waals surface area contributed by atoms with Gasteiger partial charge in [0.05, 0.1) is 6.10 Å². The summed E-state index contributed by atoms with van der Waals surface area (Å²) >= 11 is 0. The van der Waals surface area contributed by atoms with Crippen LogP contribution in [-0.2, 0) is 0 Å². The van der Waals surface area contributed by atoms with Gasteiger partial charge in [0, 0.05) is 13.1 Å². The van der Waals surface area contributed by atoms with Gasteiger partial charge in [-0.05, 0) is 70.9 Å². The molecule has 0 spiro atoms. The van der Waals surface area contributed by atoms with Crippen LogP contribution in [0.3, 0.4) is 0 Å². The fraction of sp³-hybridized carbons (Fsp3) is 0.667. The number of nitrogens with zero attached hydrogens (tertiary/aromatic N) is 1. The van der Waals surface area contributed by atoms with E-state index in [0.29, 0.717) is 12.5 Å².